The predicted octanol–water partition coefficient (Wildman–Crippen LogP) is 3.80. The van der Waals surface area contributed by atoms with Crippen LogP contribution in [0.5, 0.6) is 0 Å². The SMILES string of the molecule is CCCNC(CC1CCOCC1)C1CSC(C)C(C)S1. The number of ether oxygens (including phenoxy) is 1. The van der Waals surface area contributed by atoms with Gasteiger partial charge in [0.15, 0.2) is 0 Å². The van der Waals surface area contributed by atoms with Crippen LogP contribution in [0.1, 0.15) is 46.5 Å². The highest BCUT2D eigenvalue weighted by atomic mass is 32.2. The lowest BCUT2D eigenvalue weighted by molar-refractivity contribution is 0.0606. The molecular weight excluding hydrogens is 286 g/mol. The van der Waals surface area contributed by atoms with Gasteiger partial charge in [0, 0.05) is 40.8 Å². The molecule has 0 aromatic heterocycles. The zero-order chi connectivity index (χ0) is 14.4. The molecule has 2 heterocycles. The Labute approximate surface area is 133 Å². The second-order valence-electron chi connectivity index (χ2n) is 6.27. The lowest BCUT2D eigenvalue weighted by atomic mass is 9.91. The molecule has 4 unspecified atom stereocenters. The largest absolute Gasteiger partial charge is 0.381 e. The zero-order valence-electron chi connectivity index (χ0n) is 13.3. The quantitative estimate of drug-likeness (QED) is 0.804. The predicted molar refractivity (Wildman–Crippen MR) is 93.0 cm³/mol. The van der Waals surface area contributed by atoms with Gasteiger partial charge in [0.2, 0.25) is 0 Å². The van der Waals surface area contributed by atoms with Gasteiger partial charge in [-0.15, -0.1) is 0 Å². The Morgan fingerprint density at radius 1 is 1.20 bits per heavy atom. The second kappa shape index (κ2) is 8.92. The van der Waals surface area contributed by atoms with Crippen LogP contribution in [0.2, 0.25) is 0 Å². The third-order valence-corrected chi connectivity index (χ3v) is 8.16. The van der Waals surface area contributed by atoms with Crippen molar-refractivity contribution in [3.05, 3.63) is 0 Å². The first-order chi connectivity index (χ1) is 9.70. The molecule has 2 nitrogen and oxygen atoms in total. The summed E-state index contributed by atoms with van der Waals surface area (Å²) in [5.41, 5.74) is 0. The Kier molecular flexibility index (Phi) is 7.57. The number of rotatable bonds is 6. The van der Waals surface area contributed by atoms with E-state index in [1.165, 1.54) is 38.0 Å². The molecule has 0 bridgehead atoms. The summed E-state index contributed by atoms with van der Waals surface area (Å²) in [6.07, 6.45) is 5.12. The summed E-state index contributed by atoms with van der Waals surface area (Å²) in [4.78, 5) is 0. The van der Waals surface area contributed by atoms with E-state index in [-0.39, 0.29) is 0 Å². The van der Waals surface area contributed by atoms with Gasteiger partial charge in [-0.3, -0.25) is 0 Å². The van der Waals surface area contributed by atoms with Gasteiger partial charge in [-0.25, -0.2) is 0 Å². The molecule has 1 N–H and O–H groups in total. The molecule has 0 spiro atoms. The van der Waals surface area contributed by atoms with Crippen LogP contribution in [0, 0.1) is 5.92 Å². The molecule has 0 aromatic carbocycles. The maximum absolute atomic E-state index is 5.51. The normalized spacial score (nSPS) is 34.0. The number of hydrogen-bond acceptors (Lipinski definition) is 4. The van der Waals surface area contributed by atoms with E-state index in [4.69, 9.17) is 4.74 Å². The van der Waals surface area contributed by atoms with E-state index in [1.54, 1.807) is 0 Å². The van der Waals surface area contributed by atoms with Crippen LogP contribution in [0.25, 0.3) is 0 Å². The highest BCUT2D eigenvalue weighted by Gasteiger charge is 2.32. The van der Waals surface area contributed by atoms with Crippen molar-refractivity contribution in [1.29, 1.82) is 0 Å². The summed E-state index contributed by atoms with van der Waals surface area (Å²) in [5, 5.41) is 6.24. The summed E-state index contributed by atoms with van der Waals surface area (Å²) in [6, 6.07) is 0.700. The molecule has 2 saturated heterocycles. The summed E-state index contributed by atoms with van der Waals surface area (Å²) in [5.74, 6) is 2.19. The summed E-state index contributed by atoms with van der Waals surface area (Å²) in [6.45, 7) is 10.2. The summed E-state index contributed by atoms with van der Waals surface area (Å²) in [7, 11) is 0. The van der Waals surface area contributed by atoms with Crippen molar-refractivity contribution in [2.75, 3.05) is 25.5 Å². The van der Waals surface area contributed by atoms with Crippen molar-refractivity contribution < 1.29 is 4.74 Å². The average molecular weight is 318 g/mol. The zero-order valence-corrected chi connectivity index (χ0v) is 14.9. The molecule has 0 aliphatic carbocycles. The first-order valence-electron chi connectivity index (χ1n) is 8.29. The minimum Gasteiger partial charge on any atom is -0.381 e. The van der Waals surface area contributed by atoms with Crippen LogP contribution >= 0.6 is 23.5 Å². The van der Waals surface area contributed by atoms with E-state index in [1.807, 2.05) is 0 Å². The summed E-state index contributed by atoms with van der Waals surface area (Å²) < 4.78 is 5.51. The minimum absolute atomic E-state index is 0.700. The number of hydrogen-bond donors (Lipinski definition) is 1. The fourth-order valence-electron chi connectivity index (χ4n) is 3.06. The molecule has 0 radical (unpaired) electrons. The van der Waals surface area contributed by atoms with Crippen molar-refractivity contribution in [3.8, 4) is 0 Å². The van der Waals surface area contributed by atoms with Crippen molar-refractivity contribution in [1.82, 2.24) is 5.32 Å². The number of thioether (sulfide) groups is 2. The smallest absolute Gasteiger partial charge is 0.0468 e. The lowest BCUT2D eigenvalue weighted by Gasteiger charge is -2.38. The maximum Gasteiger partial charge on any atom is 0.0468 e. The molecule has 2 rings (SSSR count). The highest BCUT2D eigenvalue weighted by molar-refractivity contribution is 8.07. The fourth-order valence-corrected chi connectivity index (χ4v) is 6.20. The van der Waals surface area contributed by atoms with Crippen LogP contribution in [-0.4, -0.2) is 47.3 Å². The highest BCUT2D eigenvalue weighted by Crippen LogP contribution is 2.38. The van der Waals surface area contributed by atoms with Gasteiger partial charge in [-0.1, -0.05) is 20.8 Å². The molecular formula is C16H31NOS2. The number of nitrogens with one attached hydrogen (secondary N) is 1. The van der Waals surface area contributed by atoms with Crippen LogP contribution < -0.4 is 5.32 Å². The first kappa shape index (κ1) is 17.0. The monoisotopic (exact) mass is 317 g/mol. The van der Waals surface area contributed by atoms with Crippen molar-refractivity contribution >= 4 is 23.5 Å². The molecule has 2 fully saturated rings. The Morgan fingerprint density at radius 2 is 1.95 bits per heavy atom. The molecule has 0 amide bonds. The van der Waals surface area contributed by atoms with E-state index >= 15 is 0 Å². The van der Waals surface area contributed by atoms with E-state index in [0.717, 1.165) is 34.9 Å². The Bertz CT molecular complexity index is 271. The van der Waals surface area contributed by atoms with Crippen molar-refractivity contribution in [3.63, 3.8) is 0 Å². The van der Waals surface area contributed by atoms with Crippen LogP contribution in [0.4, 0.5) is 0 Å². The molecule has 118 valence electrons. The van der Waals surface area contributed by atoms with Gasteiger partial charge in [-0.2, -0.15) is 23.5 Å². The van der Waals surface area contributed by atoms with E-state index in [2.05, 4.69) is 49.6 Å². The third kappa shape index (κ3) is 5.11. The Morgan fingerprint density at radius 3 is 2.60 bits per heavy atom. The molecule has 0 saturated carbocycles. The maximum atomic E-state index is 5.51. The molecule has 4 heteroatoms. The van der Waals surface area contributed by atoms with Gasteiger partial charge in [-0.05, 0) is 38.1 Å². The van der Waals surface area contributed by atoms with Gasteiger partial charge in [0.05, 0.1) is 0 Å². The molecule has 2 aliphatic rings. The molecule has 20 heavy (non-hydrogen) atoms. The molecule has 0 aromatic rings. The Hall–Kier alpha value is 0.620. The third-order valence-electron chi connectivity index (χ3n) is 4.61. The lowest BCUT2D eigenvalue weighted by Crippen LogP contribution is -2.45. The van der Waals surface area contributed by atoms with Crippen molar-refractivity contribution in [2.45, 2.75) is 68.2 Å². The van der Waals surface area contributed by atoms with Gasteiger partial charge in [0.1, 0.15) is 0 Å². The van der Waals surface area contributed by atoms with Crippen LogP contribution in [0.3, 0.4) is 0 Å². The fraction of sp³-hybridized carbons (Fsp3) is 1.00. The first-order valence-corrected chi connectivity index (χ1v) is 10.3. The average Bonchev–Trinajstić information content (AvgIpc) is 2.47. The van der Waals surface area contributed by atoms with E-state index in [0.29, 0.717) is 6.04 Å². The second-order valence-corrected chi connectivity index (χ2v) is 9.30. The molecule has 4 atom stereocenters. The standard InChI is InChI=1S/C16H31NOS2/c1-4-7-17-15(10-14-5-8-18-9-6-14)16-11-19-12(2)13(3)20-16/h12-17H,4-11H2,1-3H3. The van der Waals surface area contributed by atoms with Gasteiger partial charge < -0.3 is 10.1 Å². The minimum atomic E-state index is 0.700. The van der Waals surface area contributed by atoms with E-state index < -0.39 is 0 Å². The topological polar surface area (TPSA) is 21.3 Å². The van der Waals surface area contributed by atoms with E-state index in [9.17, 15) is 0 Å². The molecule has 2 aliphatic heterocycles. The van der Waals surface area contributed by atoms with Crippen LogP contribution in [-0.2, 0) is 4.74 Å². The summed E-state index contributed by atoms with van der Waals surface area (Å²) >= 11 is 4.40. The van der Waals surface area contributed by atoms with Gasteiger partial charge in [0.25, 0.3) is 0 Å². The van der Waals surface area contributed by atoms with Crippen molar-refractivity contribution in [2.24, 2.45) is 5.92 Å². The van der Waals surface area contributed by atoms with Gasteiger partial charge >= 0.3 is 0 Å². The van der Waals surface area contributed by atoms with Crippen LogP contribution in [0.15, 0.2) is 0 Å². The Balaban J connectivity index is 1.88.